The van der Waals surface area contributed by atoms with Gasteiger partial charge in [0.05, 0.1) is 10.7 Å². The summed E-state index contributed by atoms with van der Waals surface area (Å²) in [7, 11) is 0. The van der Waals surface area contributed by atoms with E-state index in [2.05, 4.69) is 47.7 Å². The number of hydrogen-bond donors (Lipinski definition) is 3. The molecule has 0 heterocycles. The second-order valence-corrected chi connectivity index (χ2v) is 8.20. The number of carbonyl (C=O) groups is 2. The van der Waals surface area contributed by atoms with Crippen molar-refractivity contribution < 1.29 is 14.7 Å². The van der Waals surface area contributed by atoms with E-state index in [1.165, 1.54) is 6.21 Å². The molecule has 2 amide bonds. The zero-order chi connectivity index (χ0) is 21.7. The van der Waals surface area contributed by atoms with Crippen molar-refractivity contribution in [2.75, 3.05) is 5.32 Å². The predicted molar refractivity (Wildman–Crippen MR) is 124 cm³/mol. The first-order valence-electron chi connectivity index (χ1n) is 8.83. The molecule has 0 bridgehead atoms. The number of benzene rings is 3. The summed E-state index contributed by atoms with van der Waals surface area (Å²) in [5, 5.41) is 16.7. The fraction of sp³-hybridized carbons (Fsp3) is 0.0455. The van der Waals surface area contributed by atoms with Crippen LogP contribution in [0.25, 0.3) is 0 Å². The smallest absolute Gasteiger partial charge is 0.271 e. The van der Waals surface area contributed by atoms with Gasteiger partial charge >= 0.3 is 0 Å². The fourth-order valence-corrected chi connectivity index (χ4v) is 3.86. The number of halogens is 2. The van der Waals surface area contributed by atoms with Gasteiger partial charge in [0.2, 0.25) is 0 Å². The Labute approximate surface area is 190 Å². The Morgan fingerprint density at radius 1 is 0.967 bits per heavy atom. The first kappa shape index (κ1) is 21.7. The summed E-state index contributed by atoms with van der Waals surface area (Å²) < 4.78 is 1.26. The molecule has 0 aliphatic carbocycles. The number of phenols is 1. The van der Waals surface area contributed by atoms with Crippen LogP contribution < -0.4 is 10.7 Å². The summed E-state index contributed by atoms with van der Waals surface area (Å²) in [4.78, 5) is 24.6. The Morgan fingerprint density at radius 3 is 2.40 bits per heavy atom. The number of aryl methyl sites for hydroxylation is 1. The Morgan fingerprint density at radius 2 is 1.70 bits per heavy atom. The van der Waals surface area contributed by atoms with Crippen molar-refractivity contribution in [1.29, 1.82) is 0 Å². The number of anilines is 1. The molecule has 0 atom stereocenters. The number of nitrogens with zero attached hydrogens (tertiary/aromatic N) is 1. The molecule has 0 saturated heterocycles. The first-order valence-corrected chi connectivity index (χ1v) is 10.4. The third-order valence-electron chi connectivity index (χ3n) is 4.11. The van der Waals surface area contributed by atoms with Crippen molar-refractivity contribution in [2.45, 2.75) is 6.92 Å². The van der Waals surface area contributed by atoms with Crippen molar-refractivity contribution in [2.24, 2.45) is 5.10 Å². The standard InChI is InChI=1S/C22H17Br2N3O3/c1-13-3-2-4-15(9-13)21(29)26-18-7-5-14(6-8-18)22(30)27-25-12-16-10-17(23)11-19(24)20(16)28/h2-12,28H,1H3,(H,26,29)(H,27,30)/b25-12-. The molecule has 0 saturated carbocycles. The summed E-state index contributed by atoms with van der Waals surface area (Å²) in [5.74, 6) is -0.623. The van der Waals surface area contributed by atoms with Crippen LogP contribution in [-0.2, 0) is 0 Å². The molecule has 3 aromatic rings. The minimum Gasteiger partial charge on any atom is -0.506 e. The monoisotopic (exact) mass is 529 g/mol. The van der Waals surface area contributed by atoms with Crippen LogP contribution in [-0.4, -0.2) is 23.1 Å². The lowest BCUT2D eigenvalue weighted by molar-refractivity contribution is 0.0954. The van der Waals surface area contributed by atoms with Crippen molar-refractivity contribution in [3.63, 3.8) is 0 Å². The van der Waals surface area contributed by atoms with E-state index in [1.807, 2.05) is 19.1 Å². The van der Waals surface area contributed by atoms with E-state index >= 15 is 0 Å². The topological polar surface area (TPSA) is 90.8 Å². The lowest BCUT2D eigenvalue weighted by atomic mass is 10.1. The Bertz CT molecular complexity index is 1130. The number of nitrogens with one attached hydrogen (secondary N) is 2. The Kier molecular flexibility index (Phi) is 7.02. The van der Waals surface area contributed by atoms with E-state index in [1.54, 1.807) is 48.5 Å². The van der Waals surface area contributed by atoms with Gasteiger partial charge < -0.3 is 10.4 Å². The Balaban J connectivity index is 1.62. The fourth-order valence-electron chi connectivity index (χ4n) is 2.60. The minimum absolute atomic E-state index is 0.0184. The summed E-state index contributed by atoms with van der Waals surface area (Å²) in [5.41, 5.74) is 5.36. The maximum atomic E-state index is 12.3. The van der Waals surface area contributed by atoms with E-state index in [9.17, 15) is 14.7 Å². The Hall–Kier alpha value is -2.97. The van der Waals surface area contributed by atoms with Gasteiger partial charge in [0, 0.05) is 26.9 Å². The number of aromatic hydroxyl groups is 1. The SMILES string of the molecule is Cc1cccc(C(=O)Nc2ccc(C(=O)N/N=C\c3cc(Br)cc(Br)c3O)cc2)c1. The van der Waals surface area contributed by atoms with Crippen LogP contribution in [0.3, 0.4) is 0 Å². The molecule has 3 N–H and O–H groups in total. The van der Waals surface area contributed by atoms with Crippen LogP contribution in [0.15, 0.2) is 74.7 Å². The van der Waals surface area contributed by atoms with Crippen LogP contribution in [0.1, 0.15) is 31.8 Å². The lowest BCUT2D eigenvalue weighted by Crippen LogP contribution is -2.18. The molecule has 152 valence electrons. The van der Waals surface area contributed by atoms with Crippen LogP contribution in [0, 0.1) is 6.92 Å². The molecule has 0 spiro atoms. The summed E-state index contributed by atoms with van der Waals surface area (Å²) in [6.45, 7) is 1.92. The molecular formula is C22H17Br2N3O3. The number of rotatable bonds is 5. The van der Waals surface area contributed by atoms with Crippen LogP contribution in [0.2, 0.25) is 0 Å². The van der Waals surface area contributed by atoms with E-state index < -0.39 is 5.91 Å². The quantitative estimate of drug-likeness (QED) is 0.311. The molecule has 6 nitrogen and oxygen atoms in total. The molecule has 0 aromatic heterocycles. The zero-order valence-corrected chi connectivity index (χ0v) is 19.0. The highest BCUT2D eigenvalue weighted by atomic mass is 79.9. The molecule has 3 aromatic carbocycles. The number of carbonyl (C=O) groups excluding carboxylic acids is 2. The molecule has 0 unspecified atom stereocenters. The predicted octanol–water partition coefficient (Wildman–Crippen LogP) is 5.24. The number of hydrogen-bond acceptors (Lipinski definition) is 4. The summed E-state index contributed by atoms with van der Waals surface area (Å²) in [6.07, 6.45) is 1.35. The van der Waals surface area contributed by atoms with Crippen molar-refractivity contribution in [1.82, 2.24) is 5.43 Å². The maximum Gasteiger partial charge on any atom is 0.271 e. The van der Waals surface area contributed by atoms with Crippen molar-refractivity contribution in [3.8, 4) is 5.75 Å². The van der Waals surface area contributed by atoms with Gasteiger partial charge in [-0.15, -0.1) is 0 Å². The van der Waals surface area contributed by atoms with Gasteiger partial charge in [0.25, 0.3) is 11.8 Å². The van der Waals surface area contributed by atoms with E-state index in [0.717, 1.165) is 10.0 Å². The van der Waals surface area contributed by atoms with E-state index in [-0.39, 0.29) is 11.7 Å². The molecule has 0 fully saturated rings. The zero-order valence-electron chi connectivity index (χ0n) is 15.8. The maximum absolute atomic E-state index is 12.3. The van der Waals surface area contributed by atoms with Crippen molar-refractivity contribution >= 4 is 55.6 Å². The number of phenolic OH excluding ortho intramolecular Hbond substituents is 1. The summed E-state index contributed by atoms with van der Waals surface area (Å²) in [6, 6.07) is 17.1. The molecular weight excluding hydrogens is 514 g/mol. The average molecular weight is 531 g/mol. The van der Waals surface area contributed by atoms with Crippen LogP contribution in [0.4, 0.5) is 5.69 Å². The highest BCUT2D eigenvalue weighted by Gasteiger charge is 2.09. The molecule has 0 aliphatic rings. The highest BCUT2D eigenvalue weighted by molar-refractivity contribution is 9.11. The molecule has 3 rings (SSSR count). The minimum atomic E-state index is -0.420. The van der Waals surface area contributed by atoms with Gasteiger partial charge in [0.1, 0.15) is 5.75 Å². The number of amides is 2. The second-order valence-electron chi connectivity index (χ2n) is 6.43. The van der Waals surface area contributed by atoms with Crippen LogP contribution >= 0.6 is 31.9 Å². The summed E-state index contributed by atoms with van der Waals surface area (Å²) >= 11 is 6.56. The van der Waals surface area contributed by atoms with Gasteiger partial charge in [0.15, 0.2) is 0 Å². The molecule has 0 radical (unpaired) electrons. The van der Waals surface area contributed by atoms with E-state index in [4.69, 9.17) is 0 Å². The van der Waals surface area contributed by atoms with Gasteiger partial charge in [-0.25, -0.2) is 5.43 Å². The molecule has 0 aliphatic heterocycles. The second kappa shape index (κ2) is 9.69. The van der Waals surface area contributed by atoms with Crippen molar-refractivity contribution in [3.05, 3.63) is 91.9 Å². The van der Waals surface area contributed by atoms with E-state index in [0.29, 0.717) is 26.9 Å². The van der Waals surface area contributed by atoms with Crippen LogP contribution in [0.5, 0.6) is 5.75 Å². The third-order valence-corrected chi connectivity index (χ3v) is 5.17. The van der Waals surface area contributed by atoms with Gasteiger partial charge in [-0.05, 0) is 71.4 Å². The third kappa shape index (κ3) is 5.55. The average Bonchev–Trinajstić information content (AvgIpc) is 2.72. The highest BCUT2D eigenvalue weighted by Crippen LogP contribution is 2.30. The molecule has 30 heavy (non-hydrogen) atoms. The largest absolute Gasteiger partial charge is 0.506 e. The number of hydrazone groups is 1. The normalized spacial score (nSPS) is 10.8. The molecule has 8 heteroatoms. The van der Waals surface area contributed by atoms with Gasteiger partial charge in [-0.1, -0.05) is 33.6 Å². The van der Waals surface area contributed by atoms with Gasteiger partial charge in [-0.3, -0.25) is 9.59 Å². The van der Waals surface area contributed by atoms with Gasteiger partial charge in [-0.2, -0.15) is 5.10 Å². The first-order chi connectivity index (χ1) is 14.3. The lowest BCUT2D eigenvalue weighted by Gasteiger charge is -2.07.